The maximum atomic E-state index is 11.3. The van der Waals surface area contributed by atoms with Crippen LogP contribution < -0.4 is 4.74 Å². The van der Waals surface area contributed by atoms with Crippen molar-refractivity contribution in [1.29, 1.82) is 0 Å². The lowest BCUT2D eigenvalue weighted by atomic mass is 10.00. The van der Waals surface area contributed by atoms with Crippen LogP contribution in [0.4, 0.5) is 0 Å². The summed E-state index contributed by atoms with van der Waals surface area (Å²) in [4.78, 5) is 11.3. The van der Waals surface area contributed by atoms with Gasteiger partial charge in [0.2, 0.25) is 0 Å². The van der Waals surface area contributed by atoms with Crippen LogP contribution in [0.3, 0.4) is 0 Å². The average Bonchev–Trinajstić information content (AvgIpc) is 2.45. The van der Waals surface area contributed by atoms with Crippen LogP contribution in [0.5, 0.6) is 5.75 Å². The molecule has 2 aromatic carbocycles. The van der Waals surface area contributed by atoms with Crippen LogP contribution in [0.25, 0.3) is 0 Å². The normalized spacial score (nSPS) is 10.4. The standard InChI is InChI=1S/C17H17ClO3/c1-3-12-5-4-6-13(17(19)20)14(12)10-21-16-8-7-11(2)9-15(16)18/h4-9H,3,10H2,1-2H3,(H,19,20). The number of carboxylic acids is 1. The molecule has 0 saturated heterocycles. The van der Waals surface area contributed by atoms with E-state index >= 15 is 0 Å². The summed E-state index contributed by atoms with van der Waals surface area (Å²) in [6.45, 7) is 4.13. The van der Waals surface area contributed by atoms with Crippen LogP contribution in [-0.2, 0) is 13.0 Å². The Bertz CT molecular complexity index is 665. The van der Waals surface area contributed by atoms with Gasteiger partial charge in [-0.25, -0.2) is 4.79 Å². The first kappa shape index (κ1) is 15.4. The van der Waals surface area contributed by atoms with Crippen molar-refractivity contribution in [3.05, 3.63) is 63.7 Å². The van der Waals surface area contributed by atoms with Gasteiger partial charge in [-0.1, -0.05) is 36.7 Å². The third-order valence-corrected chi connectivity index (χ3v) is 3.64. The van der Waals surface area contributed by atoms with Crippen LogP contribution in [0.2, 0.25) is 5.02 Å². The van der Waals surface area contributed by atoms with Gasteiger partial charge in [0, 0.05) is 5.56 Å². The number of carboxylic acid groups (broad SMARTS) is 1. The number of rotatable bonds is 5. The number of benzene rings is 2. The average molecular weight is 305 g/mol. The van der Waals surface area contributed by atoms with Gasteiger partial charge in [0.25, 0.3) is 0 Å². The van der Waals surface area contributed by atoms with Crippen LogP contribution in [0.1, 0.15) is 34.0 Å². The van der Waals surface area contributed by atoms with Crippen LogP contribution >= 0.6 is 11.6 Å². The maximum absolute atomic E-state index is 11.3. The summed E-state index contributed by atoms with van der Waals surface area (Å²) in [6, 6.07) is 10.8. The van der Waals surface area contributed by atoms with E-state index in [1.807, 2.05) is 32.0 Å². The Kier molecular flexibility index (Phi) is 4.86. The van der Waals surface area contributed by atoms with Gasteiger partial charge >= 0.3 is 5.97 Å². The smallest absolute Gasteiger partial charge is 0.336 e. The highest BCUT2D eigenvalue weighted by Gasteiger charge is 2.14. The topological polar surface area (TPSA) is 46.5 Å². The molecule has 0 aliphatic heterocycles. The molecule has 0 aliphatic rings. The van der Waals surface area contributed by atoms with Crippen molar-refractivity contribution in [2.45, 2.75) is 26.9 Å². The van der Waals surface area contributed by atoms with E-state index in [1.54, 1.807) is 18.2 Å². The quantitative estimate of drug-likeness (QED) is 0.885. The molecule has 0 spiro atoms. The molecule has 2 aromatic rings. The highest BCUT2D eigenvalue weighted by atomic mass is 35.5. The van der Waals surface area contributed by atoms with E-state index in [0.29, 0.717) is 16.3 Å². The largest absolute Gasteiger partial charge is 0.487 e. The first-order valence-electron chi connectivity index (χ1n) is 6.76. The van der Waals surface area contributed by atoms with Crippen LogP contribution in [0, 0.1) is 6.92 Å². The third kappa shape index (κ3) is 3.56. The van der Waals surface area contributed by atoms with Gasteiger partial charge in [-0.2, -0.15) is 0 Å². The molecule has 0 aliphatic carbocycles. The van der Waals surface area contributed by atoms with Crippen molar-refractivity contribution in [2.24, 2.45) is 0 Å². The van der Waals surface area contributed by atoms with Crippen molar-refractivity contribution in [3.63, 3.8) is 0 Å². The zero-order valence-electron chi connectivity index (χ0n) is 12.0. The highest BCUT2D eigenvalue weighted by Crippen LogP contribution is 2.27. The fourth-order valence-electron chi connectivity index (χ4n) is 2.21. The molecule has 0 unspecified atom stereocenters. The molecule has 0 saturated carbocycles. The summed E-state index contributed by atoms with van der Waals surface area (Å²) in [7, 11) is 0. The third-order valence-electron chi connectivity index (χ3n) is 3.34. The lowest BCUT2D eigenvalue weighted by Gasteiger charge is -2.14. The molecule has 0 bridgehead atoms. The predicted molar refractivity (Wildman–Crippen MR) is 83.3 cm³/mol. The van der Waals surface area contributed by atoms with Crippen molar-refractivity contribution < 1.29 is 14.6 Å². The molecular formula is C17H17ClO3. The molecule has 3 nitrogen and oxygen atoms in total. The summed E-state index contributed by atoms with van der Waals surface area (Å²) in [5.41, 5.74) is 2.99. The SMILES string of the molecule is CCc1cccc(C(=O)O)c1COc1ccc(C)cc1Cl. The predicted octanol–water partition coefficient (Wildman–Crippen LogP) is 4.49. The van der Waals surface area contributed by atoms with Gasteiger partial charge in [-0.3, -0.25) is 0 Å². The van der Waals surface area contributed by atoms with Gasteiger partial charge in [-0.15, -0.1) is 0 Å². The van der Waals surface area contributed by atoms with E-state index in [2.05, 4.69) is 0 Å². The Morgan fingerprint density at radius 2 is 2.05 bits per heavy atom. The minimum Gasteiger partial charge on any atom is -0.487 e. The molecule has 0 amide bonds. The first-order chi connectivity index (χ1) is 10.0. The summed E-state index contributed by atoms with van der Waals surface area (Å²) < 4.78 is 5.72. The van der Waals surface area contributed by atoms with E-state index in [0.717, 1.165) is 17.5 Å². The van der Waals surface area contributed by atoms with Crippen molar-refractivity contribution in [3.8, 4) is 5.75 Å². The van der Waals surface area contributed by atoms with Gasteiger partial charge in [0.1, 0.15) is 12.4 Å². The van der Waals surface area contributed by atoms with Crippen LogP contribution in [0.15, 0.2) is 36.4 Å². The molecule has 1 N–H and O–H groups in total. The Hall–Kier alpha value is -2.00. The van der Waals surface area contributed by atoms with E-state index in [4.69, 9.17) is 16.3 Å². The van der Waals surface area contributed by atoms with Crippen molar-refractivity contribution >= 4 is 17.6 Å². The maximum Gasteiger partial charge on any atom is 0.336 e. The second kappa shape index (κ2) is 6.64. The number of halogens is 1. The Labute approximate surface area is 129 Å². The molecule has 0 heterocycles. The molecule has 0 atom stereocenters. The summed E-state index contributed by atoms with van der Waals surface area (Å²) in [6.07, 6.45) is 0.751. The fourth-order valence-corrected chi connectivity index (χ4v) is 2.50. The minimum atomic E-state index is -0.945. The fraction of sp³-hybridized carbons (Fsp3) is 0.235. The first-order valence-corrected chi connectivity index (χ1v) is 7.13. The van der Waals surface area contributed by atoms with Crippen molar-refractivity contribution in [1.82, 2.24) is 0 Å². The molecule has 21 heavy (non-hydrogen) atoms. The number of ether oxygens (including phenoxy) is 1. The molecule has 4 heteroatoms. The summed E-state index contributed by atoms with van der Waals surface area (Å²) in [5.74, 6) is -0.386. The van der Waals surface area contributed by atoms with Gasteiger partial charge in [-0.05, 0) is 42.7 Å². The number of aromatic carboxylic acids is 1. The second-order valence-corrected chi connectivity index (χ2v) is 5.23. The Morgan fingerprint density at radius 1 is 1.29 bits per heavy atom. The van der Waals surface area contributed by atoms with E-state index in [-0.39, 0.29) is 12.2 Å². The highest BCUT2D eigenvalue weighted by molar-refractivity contribution is 6.32. The molecular weight excluding hydrogens is 288 g/mol. The molecule has 0 fully saturated rings. The molecule has 0 radical (unpaired) electrons. The van der Waals surface area contributed by atoms with Gasteiger partial charge in [0.05, 0.1) is 10.6 Å². The number of aryl methyl sites for hydroxylation is 2. The monoisotopic (exact) mass is 304 g/mol. The molecule has 110 valence electrons. The van der Waals surface area contributed by atoms with Crippen molar-refractivity contribution in [2.75, 3.05) is 0 Å². The minimum absolute atomic E-state index is 0.189. The van der Waals surface area contributed by atoms with Gasteiger partial charge < -0.3 is 9.84 Å². The number of hydrogen-bond donors (Lipinski definition) is 1. The lowest BCUT2D eigenvalue weighted by Crippen LogP contribution is -2.09. The summed E-state index contributed by atoms with van der Waals surface area (Å²) in [5, 5.41) is 9.82. The van der Waals surface area contributed by atoms with E-state index < -0.39 is 5.97 Å². The molecule has 2 rings (SSSR count). The number of carbonyl (C=O) groups is 1. The second-order valence-electron chi connectivity index (χ2n) is 4.82. The molecule has 0 aromatic heterocycles. The zero-order valence-corrected chi connectivity index (χ0v) is 12.8. The van der Waals surface area contributed by atoms with Gasteiger partial charge in [0.15, 0.2) is 0 Å². The summed E-state index contributed by atoms with van der Waals surface area (Å²) >= 11 is 6.13. The zero-order chi connectivity index (χ0) is 15.4. The Balaban J connectivity index is 2.28. The lowest BCUT2D eigenvalue weighted by molar-refractivity contribution is 0.0693. The Morgan fingerprint density at radius 3 is 2.67 bits per heavy atom. The number of hydrogen-bond acceptors (Lipinski definition) is 2. The van der Waals surface area contributed by atoms with Crippen LogP contribution in [-0.4, -0.2) is 11.1 Å². The van der Waals surface area contributed by atoms with E-state index in [1.165, 1.54) is 0 Å². The van der Waals surface area contributed by atoms with E-state index in [9.17, 15) is 9.90 Å².